The summed E-state index contributed by atoms with van der Waals surface area (Å²) in [6.45, 7) is 9.77. The lowest BCUT2D eigenvalue weighted by atomic mass is 10.0. The van der Waals surface area contributed by atoms with Crippen molar-refractivity contribution in [2.45, 2.75) is 26.3 Å². The first-order valence-electron chi connectivity index (χ1n) is 6.37. The Labute approximate surface area is 114 Å². The van der Waals surface area contributed by atoms with Gasteiger partial charge in [0.2, 0.25) is 0 Å². The summed E-state index contributed by atoms with van der Waals surface area (Å²) in [5.74, 6) is -0.122. The lowest BCUT2D eigenvalue weighted by Gasteiger charge is -2.21. The monoisotopic (exact) mass is 253 g/mol. The van der Waals surface area contributed by atoms with Crippen LogP contribution < -0.4 is 5.32 Å². The van der Waals surface area contributed by atoms with Crippen LogP contribution in [0.4, 0.5) is 0 Å². The molecule has 2 nitrogen and oxygen atoms in total. The van der Waals surface area contributed by atoms with Gasteiger partial charge in [-0.15, -0.1) is 0 Å². The molecule has 0 spiro atoms. The molecule has 0 aliphatic heterocycles. The van der Waals surface area contributed by atoms with Gasteiger partial charge >= 0.3 is 0 Å². The molecule has 19 heavy (non-hydrogen) atoms. The second kappa shape index (κ2) is 4.88. The standard InChI is InChI=1S/C17H19NO/c1-12(16(19)18-17(2,3)4)14-10-9-13-7-5-6-8-15(13)11-14/h5-11H,1H2,2-4H3,(H,18,19). The van der Waals surface area contributed by atoms with Gasteiger partial charge in [-0.3, -0.25) is 4.79 Å². The molecule has 0 radical (unpaired) electrons. The van der Waals surface area contributed by atoms with Crippen molar-refractivity contribution in [1.29, 1.82) is 0 Å². The second-order valence-electron chi connectivity index (χ2n) is 5.74. The molecule has 1 amide bonds. The molecule has 0 atom stereocenters. The number of rotatable bonds is 2. The van der Waals surface area contributed by atoms with Gasteiger partial charge in [0.1, 0.15) is 0 Å². The van der Waals surface area contributed by atoms with Crippen molar-refractivity contribution >= 4 is 22.3 Å². The van der Waals surface area contributed by atoms with E-state index < -0.39 is 0 Å². The van der Waals surface area contributed by atoms with Crippen LogP contribution in [-0.4, -0.2) is 11.4 Å². The first kappa shape index (κ1) is 13.3. The van der Waals surface area contributed by atoms with Crippen molar-refractivity contribution < 1.29 is 4.79 Å². The number of amides is 1. The Morgan fingerprint density at radius 2 is 1.68 bits per heavy atom. The fourth-order valence-electron chi connectivity index (χ4n) is 1.92. The molecule has 0 heterocycles. The highest BCUT2D eigenvalue weighted by atomic mass is 16.1. The van der Waals surface area contributed by atoms with Crippen LogP contribution >= 0.6 is 0 Å². The highest BCUT2D eigenvalue weighted by Gasteiger charge is 2.17. The average molecular weight is 253 g/mol. The first-order chi connectivity index (χ1) is 8.87. The van der Waals surface area contributed by atoms with Crippen LogP contribution in [0.1, 0.15) is 26.3 Å². The second-order valence-corrected chi connectivity index (χ2v) is 5.74. The third-order valence-electron chi connectivity index (χ3n) is 2.86. The molecule has 2 aromatic rings. The quantitative estimate of drug-likeness (QED) is 0.811. The minimum atomic E-state index is -0.253. The van der Waals surface area contributed by atoms with Crippen molar-refractivity contribution in [1.82, 2.24) is 5.32 Å². The van der Waals surface area contributed by atoms with Crippen LogP contribution in [-0.2, 0) is 4.79 Å². The maximum Gasteiger partial charge on any atom is 0.251 e. The van der Waals surface area contributed by atoms with E-state index in [1.54, 1.807) is 0 Å². The van der Waals surface area contributed by atoms with Gasteiger partial charge in [-0.25, -0.2) is 0 Å². The minimum Gasteiger partial charge on any atom is -0.347 e. The van der Waals surface area contributed by atoms with Gasteiger partial charge in [-0.2, -0.15) is 0 Å². The van der Waals surface area contributed by atoms with Gasteiger partial charge in [-0.05, 0) is 43.2 Å². The Hall–Kier alpha value is -2.09. The Balaban J connectivity index is 2.29. The Morgan fingerprint density at radius 1 is 1.05 bits per heavy atom. The predicted molar refractivity (Wildman–Crippen MR) is 80.9 cm³/mol. The third-order valence-corrected chi connectivity index (χ3v) is 2.86. The molecule has 0 bridgehead atoms. The normalized spacial score (nSPS) is 11.3. The van der Waals surface area contributed by atoms with E-state index in [2.05, 4.69) is 18.0 Å². The van der Waals surface area contributed by atoms with Gasteiger partial charge in [0.15, 0.2) is 0 Å². The van der Waals surface area contributed by atoms with E-state index in [1.165, 1.54) is 0 Å². The molecule has 0 aliphatic carbocycles. The summed E-state index contributed by atoms with van der Waals surface area (Å²) >= 11 is 0. The van der Waals surface area contributed by atoms with E-state index in [-0.39, 0.29) is 11.4 Å². The van der Waals surface area contributed by atoms with Crippen LogP contribution in [0.15, 0.2) is 49.0 Å². The number of carbonyl (C=O) groups excluding carboxylic acids is 1. The minimum absolute atomic E-state index is 0.122. The zero-order valence-corrected chi connectivity index (χ0v) is 11.7. The molecule has 0 aromatic heterocycles. The summed E-state index contributed by atoms with van der Waals surface area (Å²) in [6, 6.07) is 14.0. The van der Waals surface area contributed by atoms with Gasteiger partial charge in [0.25, 0.3) is 5.91 Å². The smallest absolute Gasteiger partial charge is 0.251 e. The van der Waals surface area contributed by atoms with Crippen LogP contribution in [0.25, 0.3) is 16.3 Å². The molecular weight excluding hydrogens is 234 g/mol. The molecular formula is C17H19NO. The molecule has 0 saturated carbocycles. The van der Waals surface area contributed by atoms with E-state index in [0.717, 1.165) is 16.3 Å². The van der Waals surface area contributed by atoms with Crippen LogP contribution in [0, 0.1) is 0 Å². The molecule has 0 aliphatic rings. The number of carbonyl (C=O) groups is 1. The zero-order valence-electron chi connectivity index (χ0n) is 11.7. The number of hydrogen-bond acceptors (Lipinski definition) is 1. The highest BCUT2D eigenvalue weighted by molar-refractivity contribution is 6.19. The van der Waals surface area contributed by atoms with E-state index in [9.17, 15) is 4.79 Å². The van der Waals surface area contributed by atoms with Crippen LogP contribution in [0.5, 0.6) is 0 Å². The predicted octanol–water partition coefficient (Wildman–Crippen LogP) is 3.77. The molecule has 2 rings (SSSR count). The van der Waals surface area contributed by atoms with E-state index >= 15 is 0 Å². The lowest BCUT2D eigenvalue weighted by molar-refractivity contribution is -0.116. The van der Waals surface area contributed by atoms with Gasteiger partial charge < -0.3 is 5.32 Å². The molecule has 2 aromatic carbocycles. The number of benzene rings is 2. The molecule has 2 heteroatoms. The van der Waals surface area contributed by atoms with Gasteiger partial charge in [0.05, 0.1) is 0 Å². The topological polar surface area (TPSA) is 29.1 Å². The molecule has 98 valence electrons. The Bertz CT molecular complexity index is 635. The maximum atomic E-state index is 12.1. The Morgan fingerprint density at radius 3 is 2.32 bits per heavy atom. The lowest BCUT2D eigenvalue weighted by Crippen LogP contribution is -2.40. The number of fused-ring (bicyclic) bond motifs is 1. The third kappa shape index (κ3) is 3.22. The van der Waals surface area contributed by atoms with Crippen molar-refractivity contribution in [2.24, 2.45) is 0 Å². The summed E-state index contributed by atoms with van der Waals surface area (Å²) < 4.78 is 0. The zero-order chi connectivity index (χ0) is 14.0. The van der Waals surface area contributed by atoms with Crippen molar-refractivity contribution in [2.75, 3.05) is 0 Å². The van der Waals surface area contributed by atoms with Crippen LogP contribution in [0.3, 0.4) is 0 Å². The van der Waals surface area contributed by atoms with Gasteiger partial charge in [-0.1, -0.05) is 43.0 Å². The van der Waals surface area contributed by atoms with E-state index in [1.807, 2.05) is 57.2 Å². The SMILES string of the molecule is C=C(C(=O)NC(C)(C)C)c1ccc2ccccc2c1. The van der Waals surface area contributed by atoms with Crippen molar-refractivity contribution in [3.8, 4) is 0 Å². The van der Waals surface area contributed by atoms with Crippen LogP contribution in [0.2, 0.25) is 0 Å². The Kier molecular flexibility index (Phi) is 3.43. The van der Waals surface area contributed by atoms with E-state index in [4.69, 9.17) is 0 Å². The molecule has 1 N–H and O–H groups in total. The molecule has 0 saturated heterocycles. The highest BCUT2D eigenvalue weighted by Crippen LogP contribution is 2.20. The summed E-state index contributed by atoms with van der Waals surface area (Å²) in [5, 5.41) is 5.20. The number of nitrogens with one attached hydrogen (secondary N) is 1. The largest absolute Gasteiger partial charge is 0.347 e. The summed E-state index contributed by atoms with van der Waals surface area (Å²) in [5.41, 5.74) is 1.11. The fraction of sp³-hybridized carbons (Fsp3) is 0.235. The van der Waals surface area contributed by atoms with Gasteiger partial charge in [0, 0.05) is 11.1 Å². The fourth-order valence-corrected chi connectivity index (χ4v) is 1.92. The average Bonchev–Trinajstić information content (AvgIpc) is 2.35. The van der Waals surface area contributed by atoms with E-state index in [0.29, 0.717) is 5.57 Å². The van der Waals surface area contributed by atoms with Crippen molar-refractivity contribution in [3.05, 3.63) is 54.6 Å². The first-order valence-corrected chi connectivity index (χ1v) is 6.37. The molecule has 0 unspecified atom stereocenters. The van der Waals surface area contributed by atoms with Crippen molar-refractivity contribution in [3.63, 3.8) is 0 Å². The summed E-state index contributed by atoms with van der Waals surface area (Å²) in [4.78, 5) is 12.1. The maximum absolute atomic E-state index is 12.1. The molecule has 0 fully saturated rings. The summed E-state index contributed by atoms with van der Waals surface area (Å²) in [7, 11) is 0. The summed E-state index contributed by atoms with van der Waals surface area (Å²) in [6.07, 6.45) is 0. The number of hydrogen-bond donors (Lipinski definition) is 1.